The highest BCUT2D eigenvalue weighted by molar-refractivity contribution is 5.95. The molecule has 1 fully saturated rings. The number of nitrogens with zero attached hydrogens (tertiary/aromatic N) is 2. The van der Waals surface area contributed by atoms with Crippen LogP contribution in [0.3, 0.4) is 0 Å². The Kier molecular flexibility index (Phi) is 5.91. The van der Waals surface area contributed by atoms with Crippen molar-refractivity contribution in [3.8, 4) is 0 Å². The molecule has 1 saturated heterocycles. The fourth-order valence-electron chi connectivity index (χ4n) is 2.42. The third-order valence-electron chi connectivity index (χ3n) is 3.62. The summed E-state index contributed by atoms with van der Waals surface area (Å²) >= 11 is 0. The molecule has 1 heterocycles. The van der Waals surface area contributed by atoms with E-state index in [1.54, 1.807) is 38.4 Å². The van der Waals surface area contributed by atoms with Gasteiger partial charge in [0.1, 0.15) is 0 Å². The van der Waals surface area contributed by atoms with E-state index in [9.17, 15) is 9.59 Å². The van der Waals surface area contributed by atoms with Gasteiger partial charge in [-0.25, -0.2) is 0 Å². The number of hydrogen-bond acceptors (Lipinski definition) is 4. The van der Waals surface area contributed by atoms with Crippen LogP contribution >= 0.6 is 0 Å². The highest BCUT2D eigenvalue weighted by Gasteiger charge is 2.13. The number of nitrogens with one attached hydrogen (secondary N) is 2. The van der Waals surface area contributed by atoms with Crippen molar-refractivity contribution in [3.63, 3.8) is 0 Å². The number of anilines is 1. The molecule has 1 aromatic carbocycles. The first kappa shape index (κ1) is 16.5. The Labute approximate surface area is 131 Å². The van der Waals surface area contributed by atoms with E-state index in [1.807, 2.05) is 0 Å². The largest absolute Gasteiger partial charge is 0.345 e. The predicted octanol–water partition coefficient (Wildman–Crippen LogP) is 0.622. The lowest BCUT2D eigenvalue weighted by atomic mass is 10.2. The molecule has 0 radical (unpaired) electrons. The van der Waals surface area contributed by atoms with Crippen LogP contribution in [0.15, 0.2) is 24.3 Å². The summed E-state index contributed by atoms with van der Waals surface area (Å²) in [5.41, 5.74) is 1.33. The van der Waals surface area contributed by atoms with Crippen molar-refractivity contribution in [3.05, 3.63) is 29.8 Å². The van der Waals surface area contributed by atoms with Gasteiger partial charge in [-0.3, -0.25) is 14.5 Å². The van der Waals surface area contributed by atoms with Gasteiger partial charge in [0.05, 0.1) is 6.54 Å². The minimum Gasteiger partial charge on any atom is -0.345 e. The van der Waals surface area contributed by atoms with Gasteiger partial charge in [0.25, 0.3) is 5.91 Å². The first-order valence-corrected chi connectivity index (χ1v) is 7.61. The van der Waals surface area contributed by atoms with Crippen LogP contribution in [-0.2, 0) is 4.79 Å². The Morgan fingerprint density at radius 3 is 2.59 bits per heavy atom. The van der Waals surface area contributed by atoms with Crippen LogP contribution in [0.4, 0.5) is 5.69 Å². The summed E-state index contributed by atoms with van der Waals surface area (Å²) in [6.07, 6.45) is 1.06. The lowest BCUT2D eigenvalue weighted by molar-refractivity contribution is -0.117. The van der Waals surface area contributed by atoms with Gasteiger partial charge < -0.3 is 15.5 Å². The molecule has 1 aliphatic rings. The molecule has 0 spiro atoms. The van der Waals surface area contributed by atoms with Crippen molar-refractivity contribution in [2.75, 3.05) is 52.1 Å². The topological polar surface area (TPSA) is 64.7 Å². The van der Waals surface area contributed by atoms with E-state index in [-0.39, 0.29) is 11.8 Å². The van der Waals surface area contributed by atoms with Gasteiger partial charge in [-0.15, -0.1) is 0 Å². The van der Waals surface area contributed by atoms with E-state index in [1.165, 1.54) is 4.90 Å². The molecule has 0 bridgehead atoms. The number of hydrogen-bond donors (Lipinski definition) is 2. The van der Waals surface area contributed by atoms with E-state index in [4.69, 9.17) is 0 Å². The molecule has 2 amide bonds. The molecule has 0 atom stereocenters. The number of carbonyl (C=O) groups excluding carboxylic acids is 2. The smallest absolute Gasteiger partial charge is 0.253 e. The summed E-state index contributed by atoms with van der Waals surface area (Å²) in [6, 6.07) is 6.98. The molecule has 2 N–H and O–H groups in total. The molecule has 6 heteroatoms. The van der Waals surface area contributed by atoms with E-state index in [0.29, 0.717) is 17.8 Å². The van der Waals surface area contributed by atoms with Crippen LogP contribution in [0.25, 0.3) is 0 Å². The predicted molar refractivity (Wildman–Crippen MR) is 87.0 cm³/mol. The van der Waals surface area contributed by atoms with Gasteiger partial charge in [-0.05, 0) is 43.8 Å². The number of carbonyl (C=O) groups is 2. The van der Waals surface area contributed by atoms with E-state index < -0.39 is 0 Å². The van der Waals surface area contributed by atoms with Gasteiger partial charge >= 0.3 is 0 Å². The minimum atomic E-state index is -0.0463. The lowest BCUT2D eigenvalue weighted by Crippen LogP contribution is -2.35. The summed E-state index contributed by atoms with van der Waals surface area (Å²) in [6.45, 7) is 4.18. The SMILES string of the molecule is CN(C)C(=O)c1ccc(NC(=O)CN2CCCNCC2)cc1. The molecule has 1 aromatic rings. The van der Waals surface area contributed by atoms with Gasteiger partial charge in [0, 0.05) is 38.4 Å². The molecule has 0 aliphatic carbocycles. The van der Waals surface area contributed by atoms with Crippen molar-refractivity contribution >= 4 is 17.5 Å². The summed E-state index contributed by atoms with van der Waals surface area (Å²) < 4.78 is 0. The quantitative estimate of drug-likeness (QED) is 0.856. The second-order valence-corrected chi connectivity index (χ2v) is 5.70. The van der Waals surface area contributed by atoms with Crippen molar-refractivity contribution < 1.29 is 9.59 Å². The standard InChI is InChI=1S/C16H24N4O2/c1-19(2)16(22)13-4-6-14(7-5-13)18-15(21)12-20-10-3-8-17-9-11-20/h4-7,17H,3,8-12H2,1-2H3,(H,18,21). The van der Waals surface area contributed by atoms with Crippen molar-refractivity contribution in [2.24, 2.45) is 0 Å². The molecular formula is C16H24N4O2. The molecule has 1 aliphatic heterocycles. The van der Waals surface area contributed by atoms with Crippen LogP contribution in [0.1, 0.15) is 16.8 Å². The zero-order valence-corrected chi connectivity index (χ0v) is 13.3. The van der Waals surface area contributed by atoms with Crippen LogP contribution in [0.5, 0.6) is 0 Å². The number of rotatable bonds is 4. The molecule has 120 valence electrons. The normalized spacial score (nSPS) is 15.9. The fraction of sp³-hybridized carbons (Fsp3) is 0.500. The van der Waals surface area contributed by atoms with E-state index in [2.05, 4.69) is 15.5 Å². The maximum absolute atomic E-state index is 12.1. The Morgan fingerprint density at radius 2 is 1.91 bits per heavy atom. The zero-order valence-electron chi connectivity index (χ0n) is 13.3. The van der Waals surface area contributed by atoms with Crippen LogP contribution < -0.4 is 10.6 Å². The second kappa shape index (κ2) is 7.91. The Bertz CT molecular complexity index is 505. The molecule has 6 nitrogen and oxygen atoms in total. The van der Waals surface area contributed by atoms with Gasteiger partial charge in [-0.2, -0.15) is 0 Å². The summed E-state index contributed by atoms with van der Waals surface area (Å²) in [7, 11) is 3.43. The third-order valence-corrected chi connectivity index (χ3v) is 3.62. The molecular weight excluding hydrogens is 280 g/mol. The summed E-state index contributed by atoms with van der Waals surface area (Å²) in [5.74, 6) is -0.0662. The molecule has 0 unspecified atom stereocenters. The Balaban J connectivity index is 1.87. The molecule has 0 saturated carbocycles. The van der Waals surface area contributed by atoms with E-state index in [0.717, 1.165) is 32.6 Å². The number of amides is 2. The van der Waals surface area contributed by atoms with Crippen LogP contribution in [0, 0.1) is 0 Å². The van der Waals surface area contributed by atoms with Crippen molar-refractivity contribution in [1.29, 1.82) is 0 Å². The fourth-order valence-corrected chi connectivity index (χ4v) is 2.42. The lowest BCUT2D eigenvalue weighted by Gasteiger charge is -2.18. The average Bonchev–Trinajstić information content (AvgIpc) is 2.75. The first-order valence-electron chi connectivity index (χ1n) is 7.61. The minimum absolute atomic E-state index is 0.0198. The molecule has 2 rings (SSSR count). The highest BCUT2D eigenvalue weighted by atomic mass is 16.2. The monoisotopic (exact) mass is 304 g/mol. The maximum atomic E-state index is 12.1. The highest BCUT2D eigenvalue weighted by Crippen LogP contribution is 2.11. The Hall–Kier alpha value is -1.92. The van der Waals surface area contributed by atoms with Crippen LogP contribution in [0.2, 0.25) is 0 Å². The maximum Gasteiger partial charge on any atom is 0.253 e. The van der Waals surface area contributed by atoms with Crippen LogP contribution in [-0.4, -0.2) is 68.4 Å². The Morgan fingerprint density at radius 1 is 1.18 bits per heavy atom. The van der Waals surface area contributed by atoms with Gasteiger partial charge in [-0.1, -0.05) is 0 Å². The molecule has 22 heavy (non-hydrogen) atoms. The van der Waals surface area contributed by atoms with Crippen molar-refractivity contribution in [1.82, 2.24) is 15.1 Å². The summed E-state index contributed by atoms with van der Waals surface area (Å²) in [5, 5.41) is 6.20. The zero-order chi connectivity index (χ0) is 15.9. The number of benzene rings is 1. The third kappa shape index (κ3) is 4.82. The molecule has 0 aromatic heterocycles. The average molecular weight is 304 g/mol. The van der Waals surface area contributed by atoms with E-state index >= 15 is 0 Å². The summed E-state index contributed by atoms with van der Waals surface area (Å²) in [4.78, 5) is 27.6. The van der Waals surface area contributed by atoms with Crippen molar-refractivity contribution in [2.45, 2.75) is 6.42 Å². The second-order valence-electron chi connectivity index (χ2n) is 5.70. The van der Waals surface area contributed by atoms with Gasteiger partial charge in [0.2, 0.25) is 5.91 Å². The first-order chi connectivity index (χ1) is 10.6. The van der Waals surface area contributed by atoms with Gasteiger partial charge in [0.15, 0.2) is 0 Å².